The molecule has 0 aliphatic carbocycles. The number of allylic oxidation sites excluding steroid dienone is 1. The van der Waals surface area contributed by atoms with E-state index < -0.39 is 0 Å². The van der Waals surface area contributed by atoms with Gasteiger partial charge in [-0.3, -0.25) is 4.79 Å². The van der Waals surface area contributed by atoms with Gasteiger partial charge in [0.25, 0.3) is 5.78 Å². The number of hydrogen-bond donors (Lipinski definition) is 0. The maximum absolute atomic E-state index is 12.1. The lowest BCUT2D eigenvalue weighted by molar-refractivity contribution is -0.126. The fraction of sp³-hybridized carbons (Fsp3) is 0.467. The van der Waals surface area contributed by atoms with Crippen LogP contribution in [0, 0.1) is 6.92 Å². The molecule has 2 aromatic rings. The fourth-order valence-corrected chi connectivity index (χ4v) is 2.63. The lowest BCUT2D eigenvalue weighted by atomic mass is 10.2. The number of rotatable bonds is 2. The van der Waals surface area contributed by atoms with Crippen molar-refractivity contribution in [2.45, 2.75) is 20.8 Å². The van der Waals surface area contributed by atoms with Gasteiger partial charge in [0.15, 0.2) is 0 Å². The molecular formula is C15H20N6O. The number of carbonyl (C=O) groups is 1. The van der Waals surface area contributed by atoms with Crippen molar-refractivity contribution in [1.82, 2.24) is 24.5 Å². The van der Waals surface area contributed by atoms with Crippen LogP contribution in [0.25, 0.3) is 5.78 Å². The highest BCUT2D eigenvalue weighted by Gasteiger charge is 2.22. The molecule has 22 heavy (non-hydrogen) atoms. The van der Waals surface area contributed by atoms with Crippen LogP contribution in [0.3, 0.4) is 0 Å². The van der Waals surface area contributed by atoms with Crippen molar-refractivity contribution < 1.29 is 4.79 Å². The standard InChI is InChI=1S/C15H20N6O/c1-11(2)8-14(22)20-6-4-19(5-7-20)13-9-12(3)18-15-16-10-17-21(13)15/h8-10H,4-7H2,1-3H3. The van der Waals surface area contributed by atoms with Crippen molar-refractivity contribution in [1.29, 1.82) is 0 Å². The highest BCUT2D eigenvalue weighted by Crippen LogP contribution is 2.18. The molecule has 0 bridgehead atoms. The van der Waals surface area contributed by atoms with Crippen molar-refractivity contribution in [3.8, 4) is 0 Å². The third kappa shape index (κ3) is 2.79. The minimum Gasteiger partial charge on any atom is -0.353 e. The topological polar surface area (TPSA) is 66.6 Å². The van der Waals surface area contributed by atoms with Crippen LogP contribution < -0.4 is 4.90 Å². The van der Waals surface area contributed by atoms with E-state index in [2.05, 4.69) is 20.0 Å². The highest BCUT2D eigenvalue weighted by atomic mass is 16.2. The zero-order chi connectivity index (χ0) is 15.7. The number of piperazine rings is 1. The molecule has 0 aromatic carbocycles. The maximum atomic E-state index is 12.1. The van der Waals surface area contributed by atoms with Crippen LogP contribution >= 0.6 is 0 Å². The lowest BCUT2D eigenvalue weighted by Gasteiger charge is -2.35. The minimum atomic E-state index is 0.0939. The van der Waals surface area contributed by atoms with Gasteiger partial charge >= 0.3 is 0 Å². The monoisotopic (exact) mass is 300 g/mol. The average Bonchev–Trinajstić information content (AvgIpc) is 2.94. The molecule has 1 fully saturated rings. The molecule has 1 aliphatic heterocycles. The van der Waals surface area contributed by atoms with Gasteiger partial charge in [0.2, 0.25) is 5.91 Å². The molecule has 3 rings (SSSR count). The number of carbonyl (C=O) groups excluding carboxylic acids is 1. The van der Waals surface area contributed by atoms with Gasteiger partial charge in [-0.2, -0.15) is 14.6 Å². The number of nitrogens with zero attached hydrogens (tertiary/aromatic N) is 6. The molecular weight excluding hydrogens is 280 g/mol. The molecule has 0 N–H and O–H groups in total. The van der Waals surface area contributed by atoms with Crippen LogP contribution in [-0.4, -0.2) is 56.6 Å². The lowest BCUT2D eigenvalue weighted by Crippen LogP contribution is -2.49. The van der Waals surface area contributed by atoms with E-state index in [1.54, 1.807) is 10.6 Å². The molecule has 7 nitrogen and oxygen atoms in total. The number of hydrogen-bond acceptors (Lipinski definition) is 5. The Morgan fingerprint density at radius 2 is 1.95 bits per heavy atom. The van der Waals surface area contributed by atoms with Gasteiger partial charge in [0.1, 0.15) is 12.1 Å². The quantitative estimate of drug-likeness (QED) is 0.776. The normalized spacial score (nSPS) is 15.2. The first-order valence-corrected chi connectivity index (χ1v) is 7.41. The fourth-order valence-electron chi connectivity index (χ4n) is 2.63. The Bertz CT molecular complexity index is 723. The number of aryl methyl sites for hydroxylation is 1. The first-order valence-electron chi connectivity index (χ1n) is 7.41. The first kappa shape index (κ1) is 14.5. The van der Waals surface area contributed by atoms with Gasteiger partial charge in [-0.25, -0.2) is 4.98 Å². The Morgan fingerprint density at radius 3 is 2.64 bits per heavy atom. The number of amides is 1. The zero-order valence-corrected chi connectivity index (χ0v) is 13.2. The smallest absolute Gasteiger partial charge is 0.254 e. The summed E-state index contributed by atoms with van der Waals surface area (Å²) in [6, 6.07) is 2.01. The summed E-state index contributed by atoms with van der Waals surface area (Å²) in [6.07, 6.45) is 3.21. The molecule has 0 spiro atoms. The van der Waals surface area contributed by atoms with Crippen LogP contribution in [0.5, 0.6) is 0 Å². The Labute approximate surface area is 129 Å². The molecule has 0 saturated carbocycles. The molecule has 2 aromatic heterocycles. The number of anilines is 1. The summed E-state index contributed by atoms with van der Waals surface area (Å²) >= 11 is 0. The third-order valence-corrected chi connectivity index (χ3v) is 3.69. The van der Waals surface area contributed by atoms with E-state index in [9.17, 15) is 4.79 Å². The molecule has 1 aliphatic rings. The molecule has 116 valence electrons. The minimum absolute atomic E-state index is 0.0939. The molecule has 0 radical (unpaired) electrons. The predicted molar refractivity (Wildman–Crippen MR) is 83.7 cm³/mol. The predicted octanol–water partition coefficient (Wildman–Crippen LogP) is 1.05. The number of fused-ring (bicyclic) bond motifs is 1. The first-order chi connectivity index (χ1) is 10.5. The molecule has 0 atom stereocenters. The van der Waals surface area contributed by atoms with Crippen LogP contribution in [0.2, 0.25) is 0 Å². The van der Waals surface area contributed by atoms with E-state index in [1.165, 1.54) is 6.33 Å². The maximum Gasteiger partial charge on any atom is 0.254 e. The van der Waals surface area contributed by atoms with Crippen molar-refractivity contribution in [2.75, 3.05) is 31.1 Å². The summed E-state index contributed by atoms with van der Waals surface area (Å²) in [5.41, 5.74) is 1.94. The van der Waals surface area contributed by atoms with E-state index >= 15 is 0 Å². The van der Waals surface area contributed by atoms with E-state index in [-0.39, 0.29) is 5.91 Å². The molecule has 3 heterocycles. The molecule has 7 heteroatoms. The average molecular weight is 300 g/mol. The highest BCUT2D eigenvalue weighted by molar-refractivity contribution is 5.88. The van der Waals surface area contributed by atoms with Crippen LogP contribution in [0.15, 0.2) is 24.0 Å². The van der Waals surface area contributed by atoms with Crippen molar-refractivity contribution >= 4 is 17.5 Å². The SMILES string of the molecule is CC(C)=CC(=O)N1CCN(c2cc(C)nc3ncnn23)CC1. The Morgan fingerprint density at radius 1 is 1.23 bits per heavy atom. The largest absolute Gasteiger partial charge is 0.353 e. The van der Waals surface area contributed by atoms with Crippen molar-refractivity contribution in [2.24, 2.45) is 0 Å². The van der Waals surface area contributed by atoms with E-state index in [4.69, 9.17) is 0 Å². The van der Waals surface area contributed by atoms with Crippen molar-refractivity contribution in [3.63, 3.8) is 0 Å². The summed E-state index contributed by atoms with van der Waals surface area (Å²) < 4.78 is 1.75. The van der Waals surface area contributed by atoms with Crippen LogP contribution in [-0.2, 0) is 4.79 Å². The van der Waals surface area contributed by atoms with E-state index in [0.717, 1.165) is 30.2 Å². The van der Waals surface area contributed by atoms with Crippen molar-refractivity contribution in [3.05, 3.63) is 29.7 Å². The Hall–Kier alpha value is -2.44. The Balaban J connectivity index is 1.77. The second kappa shape index (κ2) is 5.75. The molecule has 1 saturated heterocycles. The van der Waals surface area contributed by atoms with Gasteiger partial charge < -0.3 is 9.80 Å². The van der Waals surface area contributed by atoms with Crippen LogP contribution in [0.1, 0.15) is 19.5 Å². The van der Waals surface area contributed by atoms with E-state index in [1.807, 2.05) is 31.7 Å². The summed E-state index contributed by atoms with van der Waals surface area (Å²) in [4.78, 5) is 24.7. The van der Waals surface area contributed by atoms with Gasteiger partial charge in [0.05, 0.1) is 0 Å². The van der Waals surface area contributed by atoms with E-state index in [0.29, 0.717) is 18.9 Å². The summed E-state index contributed by atoms with van der Waals surface area (Å²) in [5, 5.41) is 4.24. The van der Waals surface area contributed by atoms with Crippen LogP contribution in [0.4, 0.5) is 5.82 Å². The Kier molecular flexibility index (Phi) is 3.79. The number of aromatic nitrogens is 4. The summed E-state index contributed by atoms with van der Waals surface area (Å²) in [5.74, 6) is 1.68. The zero-order valence-electron chi connectivity index (χ0n) is 13.2. The van der Waals surface area contributed by atoms with Gasteiger partial charge in [-0.1, -0.05) is 5.57 Å². The third-order valence-electron chi connectivity index (χ3n) is 3.69. The molecule has 0 unspecified atom stereocenters. The summed E-state index contributed by atoms with van der Waals surface area (Å²) in [6.45, 7) is 8.80. The second-order valence-corrected chi connectivity index (χ2v) is 5.76. The van der Waals surface area contributed by atoms with Gasteiger partial charge in [-0.15, -0.1) is 0 Å². The summed E-state index contributed by atoms with van der Waals surface area (Å²) in [7, 11) is 0. The van der Waals surface area contributed by atoms with Gasteiger partial charge in [0, 0.05) is 44.0 Å². The molecule has 1 amide bonds. The van der Waals surface area contributed by atoms with Gasteiger partial charge in [-0.05, 0) is 20.8 Å². The second-order valence-electron chi connectivity index (χ2n) is 5.76.